The van der Waals surface area contributed by atoms with Crippen molar-refractivity contribution in [2.75, 3.05) is 26.5 Å². The Kier molecular flexibility index (Phi) is 29.8. The number of hydrogen-bond donors (Lipinski definition) is 1. The fourth-order valence-electron chi connectivity index (χ4n) is 5.92. The van der Waals surface area contributed by atoms with E-state index in [4.69, 9.17) is 23.0 Å². The van der Waals surface area contributed by atoms with E-state index in [2.05, 4.69) is 60.1 Å². The Balaban J connectivity index is -0.000000882. The van der Waals surface area contributed by atoms with Crippen molar-refractivity contribution in [3.63, 3.8) is 0 Å². The van der Waals surface area contributed by atoms with Gasteiger partial charge >= 0.3 is 68.0 Å². The van der Waals surface area contributed by atoms with E-state index < -0.39 is 19.5 Å². The number of allylic oxidation sites excluding steroid dienone is 1. The number of esters is 1. The van der Waals surface area contributed by atoms with E-state index >= 15 is 0 Å². The zero-order chi connectivity index (χ0) is 45.2. The molecule has 0 amide bonds. The predicted octanol–water partition coefficient (Wildman–Crippen LogP) is 5.18. The van der Waals surface area contributed by atoms with E-state index in [1.807, 2.05) is 12.1 Å². The number of aromatic carboxylic acids is 1. The van der Waals surface area contributed by atoms with Gasteiger partial charge in [-0.05, 0) is 96.5 Å². The average Bonchev–Trinajstić information content (AvgIpc) is 3.84. The van der Waals surface area contributed by atoms with Gasteiger partial charge in [-0.15, -0.1) is 0 Å². The number of ether oxygens (including phenoxy) is 1. The molecule has 4 rings (SSSR count). The average molecular weight is 897 g/mol. The largest absolute Gasteiger partial charge is 1.00 e. The van der Waals surface area contributed by atoms with Crippen molar-refractivity contribution in [3.05, 3.63) is 123 Å². The molecule has 0 saturated carbocycles. The van der Waals surface area contributed by atoms with E-state index in [0.29, 0.717) is 40.8 Å². The van der Waals surface area contributed by atoms with Crippen LogP contribution in [0.15, 0.2) is 75.6 Å². The first-order chi connectivity index (χ1) is 28.3. The summed E-state index contributed by atoms with van der Waals surface area (Å²) in [5.41, 5.74) is 4.45. The van der Waals surface area contributed by atoms with Crippen LogP contribution in [-0.2, 0) is 40.8 Å². The Morgan fingerprint density at radius 1 is 0.714 bits per heavy atom. The van der Waals surface area contributed by atoms with E-state index in [9.17, 15) is 28.5 Å². The summed E-state index contributed by atoms with van der Waals surface area (Å²) in [6, 6.07) is 16.7. The SMILES string of the molecule is CC(C)c1cc(/C=C/C(=O)Cc2ccc(C(=O)O)cc2)oc1C(C)C.CC(C)c1cc(C=O)oc1C(C)C.CCOP(=O)(CC(=O)Cc1ccc(C(=O)OC)cc1)OCC.[H-].[Li+].[Na+].[OH-]. The molecule has 336 valence electrons. The van der Waals surface area contributed by atoms with E-state index in [1.54, 1.807) is 56.3 Å². The Hall–Kier alpha value is -3.60. The Morgan fingerprint density at radius 3 is 1.52 bits per heavy atom. The summed E-state index contributed by atoms with van der Waals surface area (Å²) in [7, 11) is -2.06. The number of methoxy groups -OCH3 is 1. The molecule has 0 aliphatic carbocycles. The summed E-state index contributed by atoms with van der Waals surface area (Å²) >= 11 is 0. The van der Waals surface area contributed by atoms with Crippen LogP contribution in [0.3, 0.4) is 0 Å². The quantitative estimate of drug-likeness (QED) is 0.0424. The van der Waals surface area contributed by atoms with Crippen molar-refractivity contribution in [2.24, 2.45) is 0 Å². The summed E-state index contributed by atoms with van der Waals surface area (Å²) < 4.78 is 38.4. The molecule has 0 bridgehead atoms. The van der Waals surface area contributed by atoms with Gasteiger partial charge in [-0.2, -0.15) is 0 Å². The Labute approximate surface area is 407 Å². The first-order valence-electron chi connectivity index (χ1n) is 20.1. The van der Waals surface area contributed by atoms with Crippen LogP contribution in [-0.4, -0.2) is 66.9 Å². The molecule has 2 aromatic heterocycles. The van der Waals surface area contributed by atoms with Gasteiger partial charge in [-0.3, -0.25) is 18.9 Å². The Bertz CT molecular complexity index is 2040. The van der Waals surface area contributed by atoms with Crippen LogP contribution in [0.4, 0.5) is 0 Å². The molecular weight excluding hydrogens is 833 g/mol. The number of carbonyl (C=O) groups excluding carboxylic acids is 4. The molecule has 0 aliphatic heterocycles. The van der Waals surface area contributed by atoms with Gasteiger partial charge in [0.25, 0.3) is 0 Å². The maximum atomic E-state index is 12.3. The number of aldehydes is 1. The van der Waals surface area contributed by atoms with Crippen molar-refractivity contribution in [1.29, 1.82) is 0 Å². The smallest absolute Gasteiger partial charge is 1.00 e. The number of rotatable bonds is 19. The molecule has 13 nitrogen and oxygen atoms in total. The zero-order valence-corrected chi connectivity index (χ0v) is 42.1. The summed E-state index contributed by atoms with van der Waals surface area (Å²) in [5, 5.41) is 8.88. The van der Waals surface area contributed by atoms with Gasteiger partial charge < -0.3 is 34.6 Å². The topological polar surface area (TPSA) is 207 Å². The van der Waals surface area contributed by atoms with Gasteiger partial charge in [0.1, 0.15) is 29.2 Å². The second kappa shape index (κ2) is 30.5. The molecule has 2 N–H and O–H groups in total. The van der Waals surface area contributed by atoms with Crippen LogP contribution in [0, 0.1) is 0 Å². The third-order valence-corrected chi connectivity index (χ3v) is 10.9. The first-order valence-corrected chi connectivity index (χ1v) is 21.8. The van der Waals surface area contributed by atoms with Crippen molar-refractivity contribution in [3.8, 4) is 0 Å². The summed E-state index contributed by atoms with van der Waals surface area (Å²) in [6.45, 7) is 20.6. The number of hydrogen-bond acceptors (Lipinski definition) is 12. The molecule has 16 heteroatoms. The monoisotopic (exact) mass is 896 g/mol. The number of Topliss-reactive ketones (excluding diaryl/α,β-unsaturated/α-hetero) is 1. The normalized spacial score (nSPS) is 10.8. The second-order valence-electron chi connectivity index (χ2n) is 15.2. The zero-order valence-electron chi connectivity index (χ0n) is 40.2. The summed E-state index contributed by atoms with van der Waals surface area (Å²) in [6.07, 6.45) is 4.05. The standard InChI is InChI=1S/C21H24O4.C15H21O6P.C11H16O2.Li.Na.H2O.H/c1-13(2)19-12-18(25-20(19)14(3)4)10-9-17(22)11-15-5-7-16(8-6-15)21(23)24;1-4-20-22(18,21-5-2)11-14(16)10-12-6-8-13(9-7-12)15(17)19-3;1-7(2)10-5-9(6-12)13-11(10)8(3)4;;;;/h5-10,12-14H,11H2,1-4H3,(H,23,24);6-9H,4-5,10-11H2,1-3H3;5-8H,1-4H3;;;1H2;/q;;;2*+1;;-1/p-1/b10-9+;;;;;;. The second-order valence-corrected chi connectivity index (χ2v) is 17.2. The van der Waals surface area contributed by atoms with Gasteiger partial charge in [0.2, 0.25) is 0 Å². The number of furan rings is 2. The van der Waals surface area contributed by atoms with Crippen molar-refractivity contribution < 1.29 is 112 Å². The van der Waals surface area contributed by atoms with Gasteiger partial charge in [-0.1, -0.05) is 79.7 Å². The predicted molar refractivity (Wildman–Crippen MR) is 236 cm³/mol. The van der Waals surface area contributed by atoms with Gasteiger partial charge in [-0.25, -0.2) is 9.59 Å². The van der Waals surface area contributed by atoms with Crippen molar-refractivity contribution in [2.45, 2.75) is 106 Å². The van der Waals surface area contributed by atoms with Crippen LogP contribution in [0.1, 0.15) is 165 Å². The number of carboxylic acid groups (broad SMARTS) is 1. The van der Waals surface area contributed by atoms with Crippen LogP contribution in [0.2, 0.25) is 0 Å². The summed E-state index contributed by atoms with van der Waals surface area (Å²) in [4.78, 5) is 56.8. The number of benzene rings is 2. The molecule has 4 aromatic rings. The molecule has 0 aliphatic rings. The molecule has 2 aromatic carbocycles. The van der Waals surface area contributed by atoms with Gasteiger partial charge in [0.15, 0.2) is 17.8 Å². The Morgan fingerprint density at radius 2 is 1.14 bits per heavy atom. The molecule has 63 heavy (non-hydrogen) atoms. The fraction of sp³-hybridized carbons (Fsp3) is 0.426. The van der Waals surface area contributed by atoms with Crippen LogP contribution in [0.25, 0.3) is 6.08 Å². The van der Waals surface area contributed by atoms with E-state index in [1.165, 1.54) is 30.9 Å². The molecule has 2 heterocycles. The molecule has 0 fully saturated rings. The molecule has 0 atom stereocenters. The van der Waals surface area contributed by atoms with Crippen LogP contribution >= 0.6 is 7.60 Å². The molecule has 0 saturated heterocycles. The molecule has 0 spiro atoms. The molecular formula is C47H63LiNaO13P. The van der Waals surface area contributed by atoms with Crippen molar-refractivity contribution in [1.82, 2.24) is 0 Å². The van der Waals surface area contributed by atoms with Gasteiger partial charge in [0, 0.05) is 24.7 Å². The van der Waals surface area contributed by atoms with E-state index in [0.717, 1.165) is 34.5 Å². The third-order valence-electron chi connectivity index (χ3n) is 8.84. The van der Waals surface area contributed by atoms with Gasteiger partial charge in [0.05, 0.1) is 31.5 Å². The van der Waals surface area contributed by atoms with Crippen LogP contribution in [0.5, 0.6) is 0 Å². The van der Waals surface area contributed by atoms with Crippen molar-refractivity contribution >= 4 is 43.5 Å². The number of carboxylic acids is 1. The minimum atomic E-state index is -3.37. The minimum absolute atomic E-state index is 0. The summed E-state index contributed by atoms with van der Waals surface area (Å²) in [5.74, 6) is 2.73. The molecule has 0 unspecified atom stereocenters. The maximum Gasteiger partial charge on any atom is 1.00 e. The fourth-order valence-corrected chi connectivity index (χ4v) is 7.51. The number of carbonyl (C=O) groups is 5. The molecule has 0 radical (unpaired) electrons. The van der Waals surface area contributed by atoms with E-state index in [-0.39, 0.29) is 105 Å². The maximum absolute atomic E-state index is 12.3. The minimum Gasteiger partial charge on any atom is -1.00 e. The number of ketones is 2. The third kappa shape index (κ3) is 20.8. The first kappa shape index (κ1) is 61.5. The van der Waals surface area contributed by atoms with Crippen LogP contribution < -0.4 is 48.4 Å².